The van der Waals surface area contributed by atoms with Gasteiger partial charge >= 0.3 is 6.18 Å². The third kappa shape index (κ3) is 6.42. The first kappa shape index (κ1) is 24.9. The molecule has 3 aromatic rings. The quantitative estimate of drug-likeness (QED) is 0.459. The van der Waals surface area contributed by atoms with Crippen molar-refractivity contribution in [1.29, 1.82) is 0 Å². The average molecular weight is 491 g/mol. The highest BCUT2D eigenvalue weighted by atomic mass is 32.2. The summed E-state index contributed by atoms with van der Waals surface area (Å²) in [5.41, 5.74) is -0.670. The Labute approximate surface area is 194 Å². The van der Waals surface area contributed by atoms with Gasteiger partial charge in [0.2, 0.25) is 15.9 Å². The first-order chi connectivity index (χ1) is 16.0. The third-order valence-corrected chi connectivity index (χ3v) is 6.18. The molecule has 0 unspecified atom stereocenters. The fraction of sp³-hybridized carbons (Fsp3) is 0.130. The van der Waals surface area contributed by atoms with Gasteiger partial charge < -0.3 is 10.6 Å². The Balaban J connectivity index is 1.67. The largest absolute Gasteiger partial charge is 0.416 e. The summed E-state index contributed by atoms with van der Waals surface area (Å²) in [5.74, 6) is -1.36. The highest BCUT2D eigenvalue weighted by molar-refractivity contribution is 7.89. The Hall–Kier alpha value is -3.70. The highest BCUT2D eigenvalue weighted by Crippen LogP contribution is 2.30. The van der Waals surface area contributed by atoms with E-state index in [2.05, 4.69) is 15.4 Å². The van der Waals surface area contributed by atoms with Crippen molar-refractivity contribution in [2.45, 2.75) is 24.0 Å². The van der Waals surface area contributed by atoms with E-state index in [1.54, 1.807) is 18.2 Å². The second-order valence-corrected chi connectivity index (χ2v) is 8.97. The van der Waals surface area contributed by atoms with Crippen molar-refractivity contribution in [2.24, 2.45) is 0 Å². The molecule has 3 rings (SSSR count). The number of carbonyl (C=O) groups is 2. The van der Waals surface area contributed by atoms with E-state index in [9.17, 15) is 31.2 Å². The van der Waals surface area contributed by atoms with Crippen LogP contribution in [0, 0.1) is 0 Å². The van der Waals surface area contributed by atoms with E-state index in [-0.39, 0.29) is 21.8 Å². The average Bonchev–Trinajstić information content (AvgIpc) is 2.79. The van der Waals surface area contributed by atoms with E-state index in [1.165, 1.54) is 55.5 Å². The molecule has 3 aromatic carbocycles. The number of hydrogen-bond donors (Lipinski definition) is 3. The van der Waals surface area contributed by atoms with Crippen molar-refractivity contribution in [3.05, 3.63) is 90.0 Å². The molecule has 0 aliphatic rings. The van der Waals surface area contributed by atoms with Crippen LogP contribution in [-0.2, 0) is 21.0 Å². The van der Waals surface area contributed by atoms with Gasteiger partial charge in [0.05, 0.1) is 16.5 Å². The van der Waals surface area contributed by atoms with E-state index >= 15 is 0 Å². The Morgan fingerprint density at radius 3 is 2.09 bits per heavy atom. The zero-order valence-electron chi connectivity index (χ0n) is 17.8. The summed E-state index contributed by atoms with van der Waals surface area (Å²) in [5, 5.41) is 4.89. The Kier molecular flexibility index (Phi) is 7.38. The second-order valence-electron chi connectivity index (χ2n) is 7.26. The van der Waals surface area contributed by atoms with E-state index in [1.807, 2.05) is 0 Å². The lowest BCUT2D eigenvalue weighted by Gasteiger charge is -2.15. The molecule has 0 spiro atoms. The first-order valence-electron chi connectivity index (χ1n) is 9.92. The van der Waals surface area contributed by atoms with Crippen LogP contribution < -0.4 is 15.4 Å². The molecule has 1 atom stereocenters. The van der Waals surface area contributed by atoms with Crippen molar-refractivity contribution in [1.82, 2.24) is 4.72 Å². The van der Waals surface area contributed by atoms with Crippen molar-refractivity contribution < 1.29 is 31.2 Å². The van der Waals surface area contributed by atoms with Crippen LogP contribution in [0.1, 0.15) is 22.8 Å². The third-order valence-electron chi connectivity index (χ3n) is 4.62. The molecule has 0 aliphatic heterocycles. The molecule has 0 saturated carbocycles. The smallest absolute Gasteiger partial charge is 0.325 e. The molecule has 11 heteroatoms. The summed E-state index contributed by atoms with van der Waals surface area (Å²) in [7, 11) is -3.92. The molecular formula is C23H20F3N3O4S. The van der Waals surface area contributed by atoms with Crippen molar-refractivity contribution in [3.8, 4) is 0 Å². The Morgan fingerprint density at radius 2 is 1.44 bits per heavy atom. The topological polar surface area (TPSA) is 104 Å². The lowest BCUT2D eigenvalue weighted by Crippen LogP contribution is -2.41. The van der Waals surface area contributed by atoms with Gasteiger partial charge in [-0.2, -0.15) is 17.9 Å². The molecule has 0 heterocycles. The van der Waals surface area contributed by atoms with Crippen LogP contribution in [0.15, 0.2) is 83.8 Å². The summed E-state index contributed by atoms with van der Waals surface area (Å²) in [4.78, 5) is 25.0. The van der Waals surface area contributed by atoms with Crippen LogP contribution >= 0.6 is 0 Å². The van der Waals surface area contributed by atoms with Crippen LogP contribution in [0.25, 0.3) is 0 Å². The van der Waals surface area contributed by atoms with Crippen molar-refractivity contribution >= 4 is 33.2 Å². The predicted molar refractivity (Wildman–Crippen MR) is 121 cm³/mol. The summed E-state index contributed by atoms with van der Waals surface area (Å²) in [6.07, 6.45) is -4.55. The molecule has 34 heavy (non-hydrogen) atoms. The zero-order chi connectivity index (χ0) is 24.9. The summed E-state index contributed by atoms with van der Waals surface area (Å²) < 4.78 is 65.7. The Morgan fingerprint density at radius 1 is 0.824 bits per heavy atom. The molecule has 178 valence electrons. The number of sulfonamides is 1. The van der Waals surface area contributed by atoms with Gasteiger partial charge in [-0.25, -0.2) is 8.42 Å². The maximum atomic E-state index is 12.9. The zero-order valence-corrected chi connectivity index (χ0v) is 18.6. The van der Waals surface area contributed by atoms with Gasteiger partial charge in [-0.15, -0.1) is 0 Å². The van der Waals surface area contributed by atoms with E-state index in [4.69, 9.17) is 0 Å². The minimum Gasteiger partial charge on any atom is -0.325 e. The normalized spacial score (nSPS) is 12.6. The van der Waals surface area contributed by atoms with Gasteiger partial charge in [0.25, 0.3) is 5.91 Å². The number of nitrogens with one attached hydrogen (secondary N) is 3. The predicted octanol–water partition coefficient (Wildman–Crippen LogP) is 4.26. The summed E-state index contributed by atoms with van der Waals surface area (Å²) >= 11 is 0. The standard InChI is InChI=1S/C23H20F3N3O4S/c1-15(29-34(32,33)20-11-3-2-4-12-20)21(30)27-18-9-5-7-16(13-18)22(31)28-19-10-6-8-17(14-19)23(24,25)26/h2-15,29H,1H3,(H,27,30)(H,28,31)/t15-/m1/s1. The van der Waals surface area contributed by atoms with Gasteiger partial charge in [-0.05, 0) is 55.5 Å². The lowest BCUT2D eigenvalue weighted by molar-refractivity contribution is -0.137. The van der Waals surface area contributed by atoms with Gasteiger partial charge in [-0.1, -0.05) is 30.3 Å². The molecule has 0 aromatic heterocycles. The molecule has 0 saturated heterocycles. The van der Waals surface area contributed by atoms with Gasteiger partial charge in [0, 0.05) is 16.9 Å². The summed E-state index contributed by atoms with van der Waals surface area (Å²) in [6, 6.07) is 16.3. The van der Waals surface area contributed by atoms with Gasteiger partial charge in [-0.3, -0.25) is 9.59 Å². The van der Waals surface area contributed by atoms with Gasteiger partial charge in [0.1, 0.15) is 0 Å². The van der Waals surface area contributed by atoms with E-state index in [0.717, 1.165) is 12.1 Å². The number of carbonyl (C=O) groups excluding carboxylic acids is 2. The van der Waals surface area contributed by atoms with Gasteiger partial charge in [0.15, 0.2) is 0 Å². The highest BCUT2D eigenvalue weighted by Gasteiger charge is 2.30. The molecule has 3 N–H and O–H groups in total. The number of halogens is 3. The molecule has 2 amide bonds. The second kappa shape index (κ2) is 10.1. The number of hydrogen-bond acceptors (Lipinski definition) is 4. The maximum absolute atomic E-state index is 12.9. The fourth-order valence-corrected chi connectivity index (χ4v) is 4.14. The molecule has 0 radical (unpaired) electrons. The Bertz CT molecular complexity index is 1300. The van der Waals surface area contributed by atoms with Crippen molar-refractivity contribution in [2.75, 3.05) is 10.6 Å². The summed E-state index contributed by atoms with van der Waals surface area (Å²) in [6.45, 7) is 1.36. The molecule has 7 nitrogen and oxygen atoms in total. The minimum atomic E-state index is -4.55. The van der Waals surface area contributed by atoms with Crippen LogP contribution in [0.4, 0.5) is 24.5 Å². The number of rotatable bonds is 7. The number of anilines is 2. The maximum Gasteiger partial charge on any atom is 0.416 e. The van der Waals surface area contributed by atoms with E-state index < -0.39 is 39.6 Å². The first-order valence-corrected chi connectivity index (χ1v) is 11.4. The number of benzene rings is 3. The SMILES string of the molecule is C[C@@H](NS(=O)(=O)c1ccccc1)C(=O)Nc1cccc(C(=O)Nc2cccc(C(F)(F)F)c2)c1. The monoisotopic (exact) mass is 491 g/mol. The van der Waals surface area contributed by atoms with E-state index in [0.29, 0.717) is 0 Å². The van der Waals surface area contributed by atoms with Crippen LogP contribution in [0.2, 0.25) is 0 Å². The molecular weight excluding hydrogens is 471 g/mol. The number of alkyl halides is 3. The minimum absolute atomic E-state index is 0.00270. The molecule has 0 aliphatic carbocycles. The van der Waals surface area contributed by atoms with Crippen molar-refractivity contribution in [3.63, 3.8) is 0 Å². The van der Waals surface area contributed by atoms with Crippen LogP contribution in [0.3, 0.4) is 0 Å². The molecule has 0 fully saturated rings. The number of amides is 2. The fourth-order valence-electron chi connectivity index (χ4n) is 2.92. The van der Waals surface area contributed by atoms with Crippen LogP contribution in [-0.4, -0.2) is 26.3 Å². The molecule has 0 bridgehead atoms. The lowest BCUT2D eigenvalue weighted by atomic mass is 10.1. The van der Waals surface area contributed by atoms with Crippen LogP contribution in [0.5, 0.6) is 0 Å².